The first kappa shape index (κ1) is 15.7. The van der Waals surface area contributed by atoms with Gasteiger partial charge in [-0.3, -0.25) is 0 Å². The van der Waals surface area contributed by atoms with Crippen LogP contribution in [0.2, 0.25) is 0 Å². The highest BCUT2D eigenvalue weighted by atomic mass is 16.7. The maximum absolute atomic E-state index is 9.64. The summed E-state index contributed by atoms with van der Waals surface area (Å²) in [5, 5.41) is 55.9. The van der Waals surface area contributed by atoms with Crippen molar-refractivity contribution in [3.8, 4) is 0 Å². The topological polar surface area (TPSA) is 140 Å². The third-order valence-corrected chi connectivity index (χ3v) is 2.88. The fraction of sp³-hybridized carbons (Fsp3) is 1.00. The summed E-state index contributed by atoms with van der Waals surface area (Å²) in [5.41, 5.74) is 0. The molecular formula is C10H20O8. The molecule has 0 aromatic carbocycles. The third-order valence-electron chi connectivity index (χ3n) is 2.88. The molecule has 0 aromatic heterocycles. The van der Waals surface area contributed by atoms with Gasteiger partial charge in [0.15, 0.2) is 6.29 Å². The van der Waals surface area contributed by atoms with Gasteiger partial charge < -0.3 is 40.1 Å². The average molecular weight is 268 g/mol. The molecule has 18 heavy (non-hydrogen) atoms. The summed E-state index contributed by atoms with van der Waals surface area (Å²) in [6.07, 6.45) is -9.02. The fourth-order valence-corrected chi connectivity index (χ4v) is 1.66. The first-order chi connectivity index (χ1) is 8.42. The van der Waals surface area contributed by atoms with Gasteiger partial charge in [-0.15, -0.1) is 0 Å². The van der Waals surface area contributed by atoms with E-state index in [0.29, 0.717) is 0 Å². The predicted molar refractivity (Wildman–Crippen MR) is 57.4 cm³/mol. The van der Waals surface area contributed by atoms with Crippen molar-refractivity contribution < 1.29 is 40.1 Å². The van der Waals surface area contributed by atoms with Gasteiger partial charge in [0.25, 0.3) is 0 Å². The van der Waals surface area contributed by atoms with E-state index in [0.717, 1.165) is 0 Å². The van der Waals surface area contributed by atoms with Crippen LogP contribution in [0.1, 0.15) is 6.92 Å². The molecule has 6 N–H and O–H groups in total. The summed E-state index contributed by atoms with van der Waals surface area (Å²) in [6.45, 7) is 0.306. The minimum absolute atomic E-state index is 0.507. The van der Waals surface area contributed by atoms with Crippen molar-refractivity contribution in [3.63, 3.8) is 0 Å². The summed E-state index contributed by atoms with van der Waals surface area (Å²) in [4.78, 5) is 0. The van der Waals surface area contributed by atoms with Gasteiger partial charge in [-0.1, -0.05) is 0 Å². The normalized spacial score (nSPS) is 40.5. The lowest BCUT2D eigenvalue weighted by Gasteiger charge is -2.40. The van der Waals surface area contributed by atoms with Gasteiger partial charge in [0, 0.05) is 0 Å². The standard InChI is InChI=1S/C10H20O8/c1-4(13)5(2-11)17-10-9(16)8(15)7(14)6(3-12)18-10/h4-16H,2-3H2,1H3. The maximum Gasteiger partial charge on any atom is 0.187 e. The lowest BCUT2D eigenvalue weighted by Crippen LogP contribution is -2.60. The van der Waals surface area contributed by atoms with Crippen molar-refractivity contribution in [2.24, 2.45) is 0 Å². The van der Waals surface area contributed by atoms with Crippen molar-refractivity contribution in [2.75, 3.05) is 13.2 Å². The van der Waals surface area contributed by atoms with Crippen molar-refractivity contribution in [3.05, 3.63) is 0 Å². The number of hydrogen-bond acceptors (Lipinski definition) is 8. The number of hydrogen-bond donors (Lipinski definition) is 6. The molecule has 0 amide bonds. The minimum atomic E-state index is -1.55. The van der Waals surface area contributed by atoms with E-state index >= 15 is 0 Å². The van der Waals surface area contributed by atoms with Gasteiger partial charge in [-0.2, -0.15) is 0 Å². The van der Waals surface area contributed by atoms with Gasteiger partial charge in [-0.05, 0) is 6.92 Å². The first-order valence-corrected chi connectivity index (χ1v) is 5.67. The molecule has 0 aliphatic carbocycles. The fourth-order valence-electron chi connectivity index (χ4n) is 1.66. The van der Waals surface area contributed by atoms with E-state index in [2.05, 4.69) is 0 Å². The quantitative estimate of drug-likeness (QED) is 0.302. The van der Waals surface area contributed by atoms with E-state index in [4.69, 9.17) is 19.7 Å². The highest BCUT2D eigenvalue weighted by Gasteiger charge is 2.45. The van der Waals surface area contributed by atoms with Crippen LogP contribution >= 0.6 is 0 Å². The average Bonchev–Trinajstić information content (AvgIpc) is 2.35. The molecule has 7 unspecified atom stereocenters. The van der Waals surface area contributed by atoms with Crippen molar-refractivity contribution in [2.45, 2.75) is 49.8 Å². The summed E-state index contributed by atoms with van der Waals surface area (Å²) in [5.74, 6) is 0. The highest BCUT2D eigenvalue weighted by molar-refractivity contribution is 4.89. The van der Waals surface area contributed by atoms with E-state index in [9.17, 15) is 20.4 Å². The summed E-state index contributed by atoms with van der Waals surface area (Å²) >= 11 is 0. The molecule has 8 nitrogen and oxygen atoms in total. The lowest BCUT2D eigenvalue weighted by atomic mass is 9.99. The second-order valence-corrected chi connectivity index (χ2v) is 4.29. The molecule has 0 spiro atoms. The zero-order chi connectivity index (χ0) is 13.9. The Balaban J connectivity index is 2.69. The Labute approximate surface area is 104 Å². The second kappa shape index (κ2) is 6.73. The summed E-state index contributed by atoms with van der Waals surface area (Å²) in [6, 6.07) is 0. The molecular weight excluding hydrogens is 248 g/mol. The van der Waals surface area contributed by atoms with Crippen LogP contribution in [0.5, 0.6) is 0 Å². The van der Waals surface area contributed by atoms with E-state index in [1.165, 1.54) is 6.92 Å². The van der Waals surface area contributed by atoms with Crippen LogP contribution in [0.25, 0.3) is 0 Å². The maximum atomic E-state index is 9.64. The molecule has 1 rings (SSSR count). The molecule has 7 atom stereocenters. The van der Waals surface area contributed by atoms with Crippen LogP contribution in [0.15, 0.2) is 0 Å². The zero-order valence-electron chi connectivity index (χ0n) is 9.96. The Morgan fingerprint density at radius 2 is 1.72 bits per heavy atom. The monoisotopic (exact) mass is 268 g/mol. The summed E-state index contributed by atoms with van der Waals surface area (Å²) in [7, 11) is 0. The van der Waals surface area contributed by atoms with Crippen LogP contribution in [-0.2, 0) is 9.47 Å². The largest absolute Gasteiger partial charge is 0.394 e. The number of rotatable bonds is 5. The van der Waals surface area contributed by atoms with E-state index in [1.807, 2.05) is 0 Å². The van der Waals surface area contributed by atoms with E-state index < -0.39 is 56.1 Å². The number of aliphatic hydroxyl groups excluding tert-OH is 6. The van der Waals surface area contributed by atoms with Crippen molar-refractivity contribution >= 4 is 0 Å². The zero-order valence-corrected chi connectivity index (χ0v) is 9.96. The smallest absolute Gasteiger partial charge is 0.187 e. The van der Waals surface area contributed by atoms with Gasteiger partial charge in [0.05, 0.1) is 19.3 Å². The highest BCUT2D eigenvalue weighted by Crippen LogP contribution is 2.23. The molecule has 1 heterocycles. The van der Waals surface area contributed by atoms with Crippen LogP contribution in [0.4, 0.5) is 0 Å². The van der Waals surface area contributed by atoms with Crippen LogP contribution in [-0.4, -0.2) is 86.8 Å². The molecule has 0 saturated carbocycles. The molecule has 1 saturated heterocycles. The third kappa shape index (κ3) is 3.37. The van der Waals surface area contributed by atoms with Crippen LogP contribution in [0, 0.1) is 0 Å². The van der Waals surface area contributed by atoms with Crippen molar-refractivity contribution in [1.82, 2.24) is 0 Å². The van der Waals surface area contributed by atoms with Gasteiger partial charge in [0.2, 0.25) is 0 Å². The van der Waals surface area contributed by atoms with Crippen LogP contribution in [0.3, 0.4) is 0 Å². The lowest BCUT2D eigenvalue weighted by molar-refractivity contribution is -0.318. The Morgan fingerprint density at radius 3 is 2.17 bits per heavy atom. The molecule has 1 aliphatic rings. The van der Waals surface area contributed by atoms with E-state index in [-0.39, 0.29) is 0 Å². The molecule has 0 radical (unpaired) electrons. The first-order valence-electron chi connectivity index (χ1n) is 5.67. The SMILES string of the molecule is CC(O)C(CO)OC1OC(CO)C(O)C(O)C1O. The summed E-state index contributed by atoms with van der Waals surface area (Å²) < 4.78 is 10.2. The van der Waals surface area contributed by atoms with Gasteiger partial charge in [-0.25, -0.2) is 0 Å². The van der Waals surface area contributed by atoms with Gasteiger partial charge in [0.1, 0.15) is 30.5 Å². The number of aliphatic hydroxyl groups is 6. The number of ether oxygens (including phenoxy) is 2. The molecule has 1 aliphatic heterocycles. The van der Waals surface area contributed by atoms with E-state index in [1.54, 1.807) is 0 Å². The predicted octanol–water partition coefficient (Wildman–Crippen LogP) is -3.46. The molecule has 108 valence electrons. The second-order valence-electron chi connectivity index (χ2n) is 4.29. The van der Waals surface area contributed by atoms with Crippen molar-refractivity contribution in [1.29, 1.82) is 0 Å². The Kier molecular flexibility index (Phi) is 5.89. The Bertz CT molecular complexity index is 246. The van der Waals surface area contributed by atoms with Crippen LogP contribution < -0.4 is 0 Å². The van der Waals surface area contributed by atoms with Gasteiger partial charge >= 0.3 is 0 Å². The molecule has 1 fully saturated rings. The molecule has 0 aromatic rings. The molecule has 0 bridgehead atoms. The molecule has 8 heteroatoms. The minimum Gasteiger partial charge on any atom is -0.394 e. The Hall–Kier alpha value is -0.320. The Morgan fingerprint density at radius 1 is 1.11 bits per heavy atom.